The zero-order valence-electron chi connectivity index (χ0n) is 19.9. The van der Waals surface area contributed by atoms with Crippen LogP contribution in [0.5, 0.6) is 34.5 Å². The number of carbonyl (C=O) groups is 2. The first-order valence-electron chi connectivity index (χ1n) is 12.0. The van der Waals surface area contributed by atoms with Crippen molar-refractivity contribution >= 4 is 11.6 Å². The Balaban J connectivity index is 1.43. The zero-order chi connectivity index (χ0) is 26.6. The molecule has 0 aliphatic carbocycles. The van der Waals surface area contributed by atoms with E-state index in [9.17, 15) is 30.0 Å². The average molecular weight is 510 g/mol. The smallest absolute Gasteiger partial charge is 0.178 e. The molecule has 3 atom stereocenters. The molecular formula is C30H22O8. The Bertz CT molecular complexity index is 1570. The van der Waals surface area contributed by atoms with E-state index in [0.717, 1.165) is 11.6 Å². The van der Waals surface area contributed by atoms with Crippen LogP contribution >= 0.6 is 0 Å². The van der Waals surface area contributed by atoms with Gasteiger partial charge in [-0.3, -0.25) is 9.59 Å². The van der Waals surface area contributed by atoms with Gasteiger partial charge in [-0.1, -0.05) is 24.3 Å². The third-order valence-electron chi connectivity index (χ3n) is 6.96. The molecule has 4 N–H and O–H groups in total. The highest BCUT2D eigenvalue weighted by atomic mass is 16.5. The van der Waals surface area contributed by atoms with Gasteiger partial charge in [0.1, 0.15) is 46.7 Å². The minimum Gasteiger partial charge on any atom is -0.508 e. The van der Waals surface area contributed by atoms with Crippen molar-refractivity contribution in [3.05, 3.63) is 107 Å². The molecule has 8 heteroatoms. The number of Topliss-reactive ketones (excluding diaryl/α,β-unsaturated/α-hetero) is 2. The van der Waals surface area contributed by atoms with Crippen molar-refractivity contribution in [2.75, 3.05) is 0 Å². The molecule has 0 bridgehead atoms. The summed E-state index contributed by atoms with van der Waals surface area (Å²) in [7, 11) is 0. The van der Waals surface area contributed by atoms with E-state index in [1.807, 2.05) is 0 Å². The quantitative estimate of drug-likeness (QED) is 0.271. The number of phenols is 4. The minimum absolute atomic E-state index is 0.000667. The molecule has 2 aliphatic rings. The molecule has 0 saturated carbocycles. The van der Waals surface area contributed by atoms with Crippen LogP contribution in [0.3, 0.4) is 0 Å². The Morgan fingerprint density at radius 1 is 0.711 bits per heavy atom. The molecule has 2 aliphatic heterocycles. The number of rotatable bonds is 4. The van der Waals surface area contributed by atoms with Crippen LogP contribution in [0.1, 0.15) is 62.0 Å². The first-order valence-corrected chi connectivity index (χ1v) is 12.0. The van der Waals surface area contributed by atoms with Crippen molar-refractivity contribution in [1.82, 2.24) is 0 Å². The van der Waals surface area contributed by atoms with Gasteiger partial charge < -0.3 is 29.9 Å². The maximum atomic E-state index is 13.8. The normalized spacial score (nSPS) is 19.7. The Labute approximate surface area is 217 Å². The summed E-state index contributed by atoms with van der Waals surface area (Å²) in [6, 6.07) is 19.7. The number of carbonyl (C=O) groups excluding carboxylic acids is 2. The second kappa shape index (κ2) is 8.85. The number of ketones is 2. The second-order valence-corrected chi connectivity index (χ2v) is 9.38. The van der Waals surface area contributed by atoms with E-state index >= 15 is 0 Å². The summed E-state index contributed by atoms with van der Waals surface area (Å²) in [5.41, 5.74) is 2.14. The molecule has 0 radical (unpaired) electrons. The lowest BCUT2D eigenvalue weighted by molar-refractivity contribution is 0.0848. The van der Waals surface area contributed by atoms with Crippen LogP contribution in [0, 0.1) is 0 Å². The highest BCUT2D eigenvalue weighted by Crippen LogP contribution is 2.52. The number of hydrogen-bond acceptors (Lipinski definition) is 8. The summed E-state index contributed by atoms with van der Waals surface area (Å²) < 4.78 is 12.4. The van der Waals surface area contributed by atoms with Gasteiger partial charge in [-0.15, -0.1) is 0 Å². The highest BCUT2D eigenvalue weighted by molar-refractivity contribution is 6.06. The molecule has 190 valence electrons. The summed E-state index contributed by atoms with van der Waals surface area (Å²) in [5, 5.41) is 39.5. The summed E-state index contributed by atoms with van der Waals surface area (Å²) in [4.78, 5) is 27.0. The van der Waals surface area contributed by atoms with Crippen molar-refractivity contribution < 1.29 is 39.5 Å². The van der Waals surface area contributed by atoms with E-state index in [1.54, 1.807) is 36.4 Å². The number of phenolic OH excluding ortho intramolecular Hbond substituents is 4. The van der Waals surface area contributed by atoms with Crippen molar-refractivity contribution in [2.45, 2.75) is 24.5 Å². The predicted molar refractivity (Wildman–Crippen MR) is 135 cm³/mol. The minimum atomic E-state index is -0.919. The molecule has 2 heterocycles. The highest BCUT2D eigenvalue weighted by Gasteiger charge is 2.43. The van der Waals surface area contributed by atoms with Crippen molar-refractivity contribution in [3.63, 3.8) is 0 Å². The number of aromatic hydroxyl groups is 4. The van der Waals surface area contributed by atoms with Gasteiger partial charge in [0.15, 0.2) is 11.6 Å². The second-order valence-electron chi connectivity index (χ2n) is 9.38. The van der Waals surface area contributed by atoms with Crippen molar-refractivity contribution in [2.24, 2.45) is 0 Å². The van der Waals surface area contributed by atoms with Crippen LogP contribution in [0.4, 0.5) is 0 Å². The molecule has 0 aromatic heterocycles. The third kappa shape index (κ3) is 3.96. The van der Waals surface area contributed by atoms with E-state index < -0.39 is 23.9 Å². The zero-order valence-corrected chi connectivity index (χ0v) is 19.9. The van der Waals surface area contributed by atoms with Crippen LogP contribution in [0.15, 0.2) is 78.9 Å². The molecular weight excluding hydrogens is 488 g/mol. The SMILES string of the molecule is O=C1CC(c2ccc(O)cc2)Oc2cc3c(cc21)[C@H](C(=O)c1ccc(O)cc1O)[C@H](c1ccc(O)cc1)O3. The third-order valence-corrected chi connectivity index (χ3v) is 6.96. The van der Waals surface area contributed by atoms with Gasteiger partial charge in [-0.05, 0) is 53.6 Å². The van der Waals surface area contributed by atoms with Crippen LogP contribution in [0.2, 0.25) is 0 Å². The first kappa shape index (κ1) is 23.4. The first-order chi connectivity index (χ1) is 18.3. The van der Waals surface area contributed by atoms with Gasteiger partial charge in [-0.25, -0.2) is 0 Å². The van der Waals surface area contributed by atoms with Gasteiger partial charge in [0, 0.05) is 17.7 Å². The number of hydrogen-bond donors (Lipinski definition) is 4. The van der Waals surface area contributed by atoms with Crippen molar-refractivity contribution in [1.29, 1.82) is 0 Å². The fourth-order valence-electron chi connectivity index (χ4n) is 5.05. The fraction of sp³-hybridized carbons (Fsp3) is 0.133. The van der Waals surface area contributed by atoms with Crippen LogP contribution in [-0.4, -0.2) is 32.0 Å². The number of ether oxygens (including phenoxy) is 2. The van der Waals surface area contributed by atoms with E-state index in [-0.39, 0.29) is 40.8 Å². The Morgan fingerprint density at radius 2 is 1.34 bits per heavy atom. The van der Waals surface area contributed by atoms with Gasteiger partial charge in [0.05, 0.1) is 23.5 Å². The Morgan fingerprint density at radius 3 is 2.00 bits per heavy atom. The summed E-state index contributed by atoms with van der Waals surface area (Å²) in [6.45, 7) is 0. The fourth-order valence-corrected chi connectivity index (χ4v) is 5.05. The van der Waals surface area contributed by atoms with E-state index in [0.29, 0.717) is 28.2 Å². The van der Waals surface area contributed by atoms with E-state index in [1.165, 1.54) is 36.4 Å². The molecule has 0 saturated heterocycles. The molecule has 1 unspecified atom stereocenters. The molecule has 0 fully saturated rings. The largest absolute Gasteiger partial charge is 0.508 e. The molecule has 8 nitrogen and oxygen atoms in total. The topological polar surface area (TPSA) is 134 Å². The van der Waals surface area contributed by atoms with Gasteiger partial charge in [0.2, 0.25) is 0 Å². The lowest BCUT2D eigenvalue weighted by atomic mass is 9.83. The van der Waals surface area contributed by atoms with E-state index in [4.69, 9.17) is 9.47 Å². The Hall–Kier alpha value is -4.98. The number of fused-ring (bicyclic) bond motifs is 2. The lowest BCUT2D eigenvalue weighted by Crippen LogP contribution is -2.21. The van der Waals surface area contributed by atoms with Crippen molar-refractivity contribution in [3.8, 4) is 34.5 Å². The molecule has 0 spiro atoms. The maximum Gasteiger partial charge on any atom is 0.178 e. The summed E-state index contributed by atoms with van der Waals surface area (Å²) in [6.07, 6.45) is -1.27. The number of benzene rings is 4. The predicted octanol–water partition coefficient (Wildman–Crippen LogP) is 5.32. The molecule has 4 aromatic rings. The van der Waals surface area contributed by atoms with Gasteiger partial charge >= 0.3 is 0 Å². The molecule has 4 aromatic carbocycles. The molecule has 0 amide bonds. The van der Waals surface area contributed by atoms with Gasteiger partial charge in [0.25, 0.3) is 0 Å². The summed E-state index contributed by atoms with van der Waals surface area (Å²) >= 11 is 0. The standard InChI is InChI=1S/C30H22O8/c31-17-5-1-15(2-6-17)25-13-24(35)21-12-22-27(14-26(21)37-25)38-30(16-3-7-18(32)8-4-16)28(22)29(36)20-10-9-19(33)11-23(20)34/h1-12,14,25,28,30-34H,13H2/t25?,28-,30+/m1/s1. The van der Waals surface area contributed by atoms with Crippen LogP contribution in [-0.2, 0) is 0 Å². The molecule has 6 rings (SSSR count). The van der Waals surface area contributed by atoms with E-state index in [2.05, 4.69) is 0 Å². The van der Waals surface area contributed by atoms with Crippen LogP contribution < -0.4 is 9.47 Å². The molecule has 38 heavy (non-hydrogen) atoms. The summed E-state index contributed by atoms with van der Waals surface area (Å²) in [5.74, 6) is -1.25. The maximum absolute atomic E-state index is 13.8. The average Bonchev–Trinajstić information content (AvgIpc) is 3.26. The monoisotopic (exact) mass is 510 g/mol. The lowest BCUT2D eigenvalue weighted by Gasteiger charge is -2.26. The Kier molecular flexibility index (Phi) is 5.45. The van der Waals surface area contributed by atoms with Crippen LogP contribution in [0.25, 0.3) is 0 Å². The van der Waals surface area contributed by atoms with Gasteiger partial charge in [-0.2, -0.15) is 0 Å².